The molecule has 1 atom stereocenters. The summed E-state index contributed by atoms with van der Waals surface area (Å²) in [5.74, 6) is -0.326. The fourth-order valence-corrected chi connectivity index (χ4v) is 4.88. The van der Waals surface area contributed by atoms with Crippen LogP contribution < -0.4 is 16.4 Å². The molecule has 5 N–H and O–H groups in total. The largest absolute Gasteiger partial charge is 0.384 e. The number of nitrogens with zero attached hydrogens (tertiary/aromatic N) is 2. The molecular weight excluding hydrogens is 488 g/mol. The lowest BCUT2D eigenvalue weighted by Gasteiger charge is -2.20. The lowest BCUT2D eigenvalue weighted by Crippen LogP contribution is -2.37. The number of hydrogen-bond donors (Lipinski definition) is 4. The Morgan fingerprint density at radius 2 is 1.78 bits per heavy atom. The molecule has 9 nitrogen and oxygen atoms in total. The van der Waals surface area contributed by atoms with Crippen molar-refractivity contribution in [3.05, 3.63) is 96.6 Å². The van der Waals surface area contributed by atoms with Crippen LogP contribution in [0.15, 0.2) is 90.2 Å². The Morgan fingerprint density at radius 1 is 1.05 bits per heavy atom. The first-order chi connectivity index (χ1) is 17.6. The van der Waals surface area contributed by atoms with Crippen LogP contribution in [0.25, 0.3) is 11.1 Å². The monoisotopic (exact) mass is 516 g/mol. The van der Waals surface area contributed by atoms with Crippen LogP contribution in [0, 0.1) is 5.41 Å². The van der Waals surface area contributed by atoms with E-state index in [4.69, 9.17) is 11.1 Å². The van der Waals surface area contributed by atoms with Crippen LogP contribution in [0.3, 0.4) is 0 Å². The number of carbonyl (C=O) groups excluding carboxylic acids is 1. The summed E-state index contributed by atoms with van der Waals surface area (Å²) >= 11 is 0. The van der Waals surface area contributed by atoms with Gasteiger partial charge in [-0.3, -0.25) is 10.2 Å². The molecule has 0 bridgehead atoms. The van der Waals surface area contributed by atoms with Gasteiger partial charge in [0.05, 0.1) is 11.2 Å². The van der Waals surface area contributed by atoms with Crippen molar-refractivity contribution in [2.24, 2.45) is 12.8 Å². The Kier molecular flexibility index (Phi) is 7.40. The molecule has 10 heteroatoms. The number of nitrogens with one attached hydrogen (secondary N) is 3. The van der Waals surface area contributed by atoms with E-state index >= 15 is 0 Å². The third kappa shape index (κ3) is 6.22. The molecular formula is C27H28N6O3S. The molecule has 1 amide bonds. The predicted molar refractivity (Wildman–Crippen MR) is 145 cm³/mol. The van der Waals surface area contributed by atoms with E-state index in [2.05, 4.69) is 15.6 Å². The molecule has 0 fully saturated rings. The minimum atomic E-state index is -3.39. The van der Waals surface area contributed by atoms with Crippen LogP contribution in [0.2, 0.25) is 0 Å². The van der Waals surface area contributed by atoms with E-state index in [9.17, 15) is 13.2 Å². The third-order valence-corrected chi connectivity index (χ3v) is 7.07. The van der Waals surface area contributed by atoms with Crippen molar-refractivity contribution in [3.63, 3.8) is 0 Å². The first-order valence-corrected chi connectivity index (χ1v) is 13.4. The molecule has 0 aliphatic carbocycles. The van der Waals surface area contributed by atoms with Crippen LogP contribution in [-0.2, 0) is 28.1 Å². The highest BCUT2D eigenvalue weighted by Crippen LogP contribution is 2.28. The summed E-state index contributed by atoms with van der Waals surface area (Å²) in [6, 6.07) is 20.2. The van der Waals surface area contributed by atoms with Gasteiger partial charge in [-0.15, -0.1) is 0 Å². The Morgan fingerprint density at radius 3 is 2.43 bits per heavy atom. The molecule has 0 saturated heterocycles. The standard InChI is InChI=1S/C27H28N6O3S/c1-33-17-30-16-22(33)15-24(31-21-7-5-6-19(14-21)26(28)29)27(34)32-20-12-10-18(11-13-20)23-8-3-4-9-25(23)37(2,35)36/h3-14,16-17,24,31H,15H2,1-2H3,(H3,28,29)(H,32,34)/t24-/m0/s1. The summed E-state index contributed by atoms with van der Waals surface area (Å²) < 4.78 is 26.2. The number of sulfone groups is 1. The highest BCUT2D eigenvalue weighted by molar-refractivity contribution is 7.90. The molecule has 0 aliphatic heterocycles. The van der Waals surface area contributed by atoms with Crippen LogP contribution in [0.5, 0.6) is 0 Å². The van der Waals surface area contributed by atoms with Gasteiger partial charge in [0.25, 0.3) is 0 Å². The number of aromatic nitrogens is 2. The fourth-order valence-electron chi connectivity index (χ4n) is 3.97. The number of anilines is 2. The zero-order valence-electron chi connectivity index (χ0n) is 20.5. The zero-order valence-corrected chi connectivity index (χ0v) is 21.3. The number of nitrogens with two attached hydrogens (primary N) is 1. The second-order valence-electron chi connectivity index (χ2n) is 8.73. The molecule has 1 heterocycles. The number of hydrogen-bond acceptors (Lipinski definition) is 6. The van der Waals surface area contributed by atoms with Gasteiger partial charge < -0.3 is 20.9 Å². The smallest absolute Gasteiger partial charge is 0.247 e. The quantitative estimate of drug-likeness (QED) is 0.198. The van der Waals surface area contributed by atoms with Gasteiger partial charge in [0.2, 0.25) is 5.91 Å². The van der Waals surface area contributed by atoms with Gasteiger partial charge in [0.15, 0.2) is 9.84 Å². The third-order valence-electron chi connectivity index (χ3n) is 5.91. The summed E-state index contributed by atoms with van der Waals surface area (Å²) in [5.41, 5.74) is 9.59. The molecule has 37 heavy (non-hydrogen) atoms. The van der Waals surface area contributed by atoms with E-state index < -0.39 is 15.9 Å². The van der Waals surface area contributed by atoms with Crippen molar-refractivity contribution in [2.45, 2.75) is 17.4 Å². The van der Waals surface area contributed by atoms with Crippen molar-refractivity contribution in [1.29, 1.82) is 5.41 Å². The molecule has 0 unspecified atom stereocenters. The number of imidazole rings is 1. The highest BCUT2D eigenvalue weighted by Gasteiger charge is 2.21. The average Bonchev–Trinajstić information content (AvgIpc) is 3.28. The van der Waals surface area contributed by atoms with Gasteiger partial charge in [-0.05, 0) is 35.9 Å². The number of nitrogen functional groups attached to an aromatic ring is 1. The second kappa shape index (κ2) is 10.7. The summed E-state index contributed by atoms with van der Waals surface area (Å²) in [5, 5.41) is 13.9. The Hall–Kier alpha value is -4.44. The van der Waals surface area contributed by atoms with Crippen molar-refractivity contribution < 1.29 is 13.2 Å². The molecule has 0 saturated carbocycles. The number of carbonyl (C=O) groups is 1. The topological polar surface area (TPSA) is 143 Å². The summed E-state index contributed by atoms with van der Waals surface area (Å²) in [7, 11) is -1.53. The van der Waals surface area contributed by atoms with Gasteiger partial charge in [0.1, 0.15) is 11.9 Å². The summed E-state index contributed by atoms with van der Waals surface area (Å²) in [4.78, 5) is 17.8. The molecule has 0 spiro atoms. The highest BCUT2D eigenvalue weighted by atomic mass is 32.2. The zero-order chi connectivity index (χ0) is 26.6. The Balaban J connectivity index is 1.57. The van der Waals surface area contributed by atoms with Crippen molar-refractivity contribution >= 4 is 33.0 Å². The number of aryl methyl sites for hydroxylation is 1. The minimum Gasteiger partial charge on any atom is -0.384 e. The number of rotatable bonds is 9. The molecule has 4 aromatic rings. The molecule has 4 rings (SSSR count). The van der Waals surface area contributed by atoms with Gasteiger partial charge in [-0.25, -0.2) is 13.4 Å². The van der Waals surface area contributed by atoms with E-state index in [1.54, 1.807) is 79.3 Å². The lowest BCUT2D eigenvalue weighted by atomic mass is 10.0. The van der Waals surface area contributed by atoms with Crippen molar-refractivity contribution in [3.8, 4) is 11.1 Å². The summed E-state index contributed by atoms with van der Waals surface area (Å²) in [6.07, 6.45) is 4.93. The lowest BCUT2D eigenvalue weighted by molar-refractivity contribution is -0.116. The Bertz CT molecular complexity index is 1540. The van der Waals surface area contributed by atoms with Crippen molar-refractivity contribution in [1.82, 2.24) is 9.55 Å². The van der Waals surface area contributed by atoms with E-state index in [-0.39, 0.29) is 16.6 Å². The molecule has 0 aliphatic rings. The van der Waals surface area contributed by atoms with E-state index in [0.29, 0.717) is 28.9 Å². The maximum Gasteiger partial charge on any atom is 0.247 e. The molecule has 0 radical (unpaired) electrons. The number of benzene rings is 3. The fraction of sp³-hybridized carbons (Fsp3) is 0.148. The minimum absolute atomic E-state index is 0.0613. The van der Waals surface area contributed by atoms with Crippen LogP contribution in [0.4, 0.5) is 11.4 Å². The second-order valence-corrected chi connectivity index (χ2v) is 10.7. The van der Waals surface area contributed by atoms with Crippen LogP contribution in [0.1, 0.15) is 11.3 Å². The average molecular weight is 517 g/mol. The predicted octanol–water partition coefficient (Wildman–Crippen LogP) is 3.44. The number of amides is 1. The molecule has 1 aromatic heterocycles. The molecule has 190 valence electrons. The normalized spacial score (nSPS) is 12.1. The van der Waals surface area contributed by atoms with Crippen LogP contribution in [-0.4, -0.2) is 42.0 Å². The van der Waals surface area contributed by atoms with E-state index in [0.717, 1.165) is 11.3 Å². The maximum absolute atomic E-state index is 13.4. The van der Waals surface area contributed by atoms with Gasteiger partial charge >= 0.3 is 0 Å². The SMILES string of the molecule is Cn1cncc1C[C@H](Nc1cccc(C(=N)N)c1)C(=O)Nc1ccc(-c2ccccc2S(C)(=O)=O)cc1. The first kappa shape index (κ1) is 25.6. The van der Waals surface area contributed by atoms with Crippen LogP contribution >= 0.6 is 0 Å². The van der Waals surface area contributed by atoms with E-state index in [1.807, 2.05) is 17.7 Å². The first-order valence-electron chi connectivity index (χ1n) is 11.5. The van der Waals surface area contributed by atoms with Gasteiger partial charge in [-0.2, -0.15) is 0 Å². The molecule has 3 aromatic carbocycles. The Labute approximate surface area is 215 Å². The van der Waals surface area contributed by atoms with Gasteiger partial charge in [0, 0.05) is 54.1 Å². The van der Waals surface area contributed by atoms with Gasteiger partial charge in [-0.1, -0.05) is 42.5 Å². The van der Waals surface area contributed by atoms with E-state index in [1.165, 1.54) is 6.26 Å². The number of amidine groups is 1. The van der Waals surface area contributed by atoms with Crippen molar-refractivity contribution in [2.75, 3.05) is 16.9 Å². The summed E-state index contributed by atoms with van der Waals surface area (Å²) in [6.45, 7) is 0. The maximum atomic E-state index is 13.4.